The van der Waals surface area contributed by atoms with Gasteiger partial charge in [-0.1, -0.05) is 6.07 Å². The van der Waals surface area contributed by atoms with E-state index in [9.17, 15) is 4.79 Å². The van der Waals surface area contributed by atoms with E-state index in [0.717, 1.165) is 29.9 Å². The van der Waals surface area contributed by atoms with Gasteiger partial charge in [-0.3, -0.25) is 4.79 Å². The third-order valence-corrected chi connectivity index (χ3v) is 3.98. The zero-order chi connectivity index (χ0) is 15.0. The Morgan fingerprint density at radius 1 is 1.29 bits per heavy atom. The van der Waals surface area contributed by atoms with Crippen LogP contribution in [0.4, 0.5) is 5.69 Å². The average Bonchev–Trinajstić information content (AvgIpc) is 3.22. The first-order valence-electron chi connectivity index (χ1n) is 7.27. The summed E-state index contributed by atoms with van der Waals surface area (Å²) in [7, 11) is 0. The molecule has 1 fully saturated rings. The Morgan fingerprint density at radius 3 is 2.67 bits per heavy atom. The van der Waals surface area contributed by atoms with Gasteiger partial charge in [-0.15, -0.1) is 0 Å². The molecular formula is C17H20N2O2. The van der Waals surface area contributed by atoms with Crippen LogP contribution in [0.25, 0.3) is 0 Å². The van der Waals surface area contributed by atoms with Gasteiger partial charge in [0.25, 0.3) is 5.91 Å². The number of carbonyl (C=O) groups excluding carboxylic acids is 1. The lowest BCUT2D eigenvalue weighted by Crippen LogP contribution is -2.33. The molecule has 1 saturated carbocycles. The molecule has 1 heterocycles. The zero-order valence-corrected chi connectivity index (χ0v) is 12.4. The van der Waals surface area contributed by atoms with Crippen molar-refractivity contribution in [2.45, 2.75) is 39.3 Å². The molecule has 1 aromatic heterocycles. The Hall–Kier alpha value is -2.23. The van der Waals surface area contributed by atoms with E-state index in [0.29, 0.717) is 23.8 Å². The number of nitrogen functional groups attached to an aromatic ring is 1. The number of benzene rings is 1. The summed E-state index contributed by atoms with van der Waals surface area (Å²) in [5.41, 5.74) is 8.11. The summed E-state index contributed by atoms with van der Waals surface area (Å²) in [6.07, 6.45) is 2.12. The summed E-state index contributed by atoms with van der Waals surface area (Å²) in [6, 6.07) is 9.68. The number of aryl methyl sites for hydroxylation is 1. The van der Waals surface area contributed by atoms with Crippen molar-refractivity contribution in [3.63, 3.8) is 0 Å². The first-order valence-corrected chi connectivity index (χ1v) is 7.27. The van der Waals surface area contributed by atoms with E-state index in [4.69, 9.17) is 10.2 Å². The number of hydrogen-bond donors (Lipinski definition) is 1. The molecule has 1 amide bonds. The third kappa shape index (κ3) is 2.79. The lowest BCUT2D eigenvalue weighted by Gasteiger charge is -2.22. The summed E-state index contributed by atoms with van der Waals surface area (Å²) >= 11 is 0. The first kappa shape index (κ1) is 13.7. The van der Waals surface area contributed by atoms with Crippen molar-refractivity contribution >= 4 is 11.6 Å². The fraction of sp³-hybridized carbons (Fsp3) is 0.353. The molecule has 21 heavy (non-hydrogen) atoms. The van der Waals surface area contributed by atoms with Gasteiger partial charge in [0, 0.05) is 17.3 Å². The molecule has 3 rings (SSSR count). The Balaban J connectivity index is 1.87. The molecule has 2 aromatic rings. The molecule has 1 aliphatic carbocycles. The number of rotatable bonds is 4. The van der Waals surface area contributed by atoms with E-state index in [1.807, 2.05) is 49.1 Å². The molecule has 4 heteroatoms. The monoisotopic (exact) mass is 284 g/mol. The highest BCUT2D eigenvalue weighted by Gasteiger charge is 2.34. The normalized spacial score (nSPS) is 14.2. The highest BCUT2D eigenvalue weighted by Crippen LogP contribution is 2.31. The Bertz CT molecular complexity index is 671. The summed E-state index contributed by atoms with van der Waals surface area (Å²) in [4.78, 5) is 14.7. The van der Waals surface area contributed by atoms with Crippen LogP contribution in [0.1, 0.15) is 40.3 Å². The molecule has 0 saturated heterocycles. The number of anilines is 1. The van der Waals surface area contributed by atoms with Crippen LogP contribution in [-0.4, -0.2) is 16.8 Å². The topological polar surface area (TPSA) is 59.5 Å². The van der Waals surface area contributed by atoms with E-state index in [-0.39, 0.29) is 5.91 Å². The Labute approximate surface area is 124 Å². The fourth-order valence-corrected chi connectivity index (χ4v) is 2.53. The van der Waals surface area contributed by atoms with E-state index in [1.54, 1.807) is 0 Å². The highest BCUT2D eigenvalue weighted by molar-refractivity contribution is 5.97. The molecule has 0 aliphatic heterocycles. The van der Waals surface area contributed by atoms with Gasteiger partial charge in [0.15, 0.2) is 0 Å². The van der Waals surface area contributed by atoms with Crippen molar-refractivity contribution in [1.29, 1.82) is 0 Å². The van der Waals surface area contributed by atoms with Crippen LogP contribution in [0, 0.1) is 13.8 Å². The van der Waals surface area contributed by atoms with Crippen molar-refractivity contribution in [3.8, 4) is 0 Å². The first-order chi connectivity index (χ1) is 10.1. The number of furan rings is 1. The van der Waals surface area contributed by atoms with Crippen molar-refractivity contribution in [2.24, 2.45) is 0 Å². The molecule has 2 N–H and O–H groups in total. The standard InChI is InChI=1S/C17H20N2O2/c1-11-6-9-14(21-11)10-19(13-7-8-13)17(20)15-4-3-5-16(18)12(15)2/h3-6,9,13H,7-8,10,18H2,1-2H3. The van der Waals surface area contributed by atoms with Crippen LogP contribution < -0.4 is 5.73 Å². The lowest BCUT2D eigenvalue weighted by molar-refractivity contribution is 0.0716. The second kappa shape index (κ2) is 5.28. The number of nitrogens with two attached hydrogens (primary N) is 1. The van der Waals surface area contributed by atoms with Gasteiger partial charge in [0.05, 0.1) is 6.54 Å². The summed E-state index contributed by atoms with van der Waals surface area (Å²) in [5.74, 6) is 1.74. The fourth-order valence-electron chi connectivity index (χ4n) is 2.53. The maximum absolute atomic E-state index is 12.8. The quantitative estimate of drug-likeness (QED) is 0.876. The molecule has 110 valence electrons. The molecular weight excluding hydrogens is 264 g/mol. The van der Waals surface area contributed by atoms with Gasteiger partial charge in [-0.25, -0.2) is 0 Å². The van der Waals surface area contributed by atoms with Crippen LogP contribution in [-0.2, 0) is 6.54 Å². The van der Waals surface area contributed by atoms with Gasteiger partial charge in [-0.05, 0) is 56.5 Å². The smallest absolute Gasteiger partial charge is 0.254 e. The molecule has 0 unspecified atom stereocenters. The molecule has 4 nitrogen and oxygen atoms in total. The Kier molecular flexibility index (Phi) is 3.45. The zero-order valence-electron chi connectivity index (χ0n) is 12.4. The molecule has 1 aliphatic rings. The van der Waals surface area contributed by atoms with E-state index >= 15 is 0 Å². The van der Waals surface area contributed by atoms with Crippen molar-refractivity contribution in [1.82, 2.24) is 4.90 Å². The summed E-state index contributed by atoms with van der Waals surface area (Å²) in [5, 5.41) is 0. The number of nitrogens with zero attached hydrogens (tertiary/aromatic N) is 1. The minimum atomic E-state index is 0.0383. The predicted molar refractivity (Wildman–Crippen MR) is 81.9 cm³/mol. The average molecular weight is 284 g/mol. The molecule has 0 bridgehead atoms. The minimum Gasteiger partial charge on any atom is -0.464 e. The van der Waals surface area contributed by atoms with Gasteiger partial charge in [0.1, 0.15) is 11.5 Å². The maximum atomic E-state index is 12.8. The van der Waals surface area contributed by atoms with Crippen LogP contribution in [0.15, 0.2) is 34.7 Å². The molecule has 0 atom stereocenters. The molecule has 0 radical (unpaired) electrons. The minimum absolute atomic E-state index is 0.0383. The van der Waals surface area contributed by atoms with Crippen LogP contribution in [0.3, 0.4) is 0 Å². The van der Waals surface area contributed by atoms with Gasteiger partial charge >= 0.3 is 0 Å². The van der Waals surface area contributed by atoms with Gasteiger partial charge in [-0.2, -0.15) is 0 Å². The van der Waals surface area contributed by atoms with Gasteiger partial charge < -0.3 is 15.1 Å². The second-order valence-corrected chi connectivity index (χ2v) is 5.70. The van der Waals surface area contributed by atoms with E-state index < -0.39 is 0 Å². The van der Waals surface area contributed by atoms with Crippen LogP contribution in [0.2, 0.25) is 0 Å². The molecule has 1 aromatic carbocycles. The van der Waals surface area contributed by atoms with Gasteiger partial charge in [0.2, 0.25) is 0 Å². The highest BCUT2D eigenvalue weighted by atomic mass is 16.3. The number of amides is 1. The van der Waals surface area contributed by atoms with E-state index in [1.165, 1.54) is 0 Å². The lowest BCUT2D eigenvalue weighted by atomic mass is 10.1. The SMILES string of the molecule is Cc1ccc(CN(C(=O)c2cccc(N)c2C)C2CC2)o1. The predicted octanol–water partition coefficient (Wildman–Crippen LogP) is 3.28. The number of carbonyl (C=O) groups is 1. The van der Waals surface area contributed by atoms with Crippen molar-refractivity contribution in [3.05, 3.63) is 53.0 Å². The van der Waals surface area contributed by atoms with Crippen LogP contribution >= 0.6 is 0 Å². The summed E-state index contributed by atoms with van der Waals surface area (Å²) < 4.78 is 5.61. The second-order valence-electron chi connectivity index (χ2n) is 5.70. The third-order valence-electron chi connectivity index (χ3n) is 3.98. The maximum Gasteiger partial charge on any atom is 0.254 e. The summed E-state index contributed by atoms with van der Waals surface area (Å²) in [6.45, 7) is 4.32. The van der Waals surface area contributed by atoms with Crippen molar-refractivity contribution < 1.29 is 9.21 Å². The largest absolute Gasteiger partial charge is 0.464 e. The Morgan fingerprint density at radius 2 is 2.05 bits per heavy atom. The van der Waals surface area contributed by atoms with Crippen molar-refractivity contribution in [2.75, 3.05) is 5.73 Å². The van der Waals surface area contributed by atoms with E-state index in [2.05, 4.69) is 0 Å². The van der Waals surface area contributed by atoms with Crippen LogP contribution in [0.5, 0.6) is 0 Å². The number of hydrogen-bond acceptors (Lipinski definition) is 3. The molecule has 0 spiro atoms.